The molecule has 0 aliphatic rings. The molecule has 0 bridgehead atoms. The highest BCUT2D eigenvalue weighted by molar-refractivity contribution is 7.99. The lowest BCUT2D eigenvalue weighted by molar-refractivity contribution is -0.133. The van der Waals surface area contributed by atoms with Crippen LogP contribution in [-0.4, -0.2) is 28.4 Å². The molecule has 1 heterocycles. The maximum Gasteiger partial charge on any atom is 0.313 e. The van der Waals surface area contributed by atoms with Crippen LogP contribution in [0.25, 0.3) is 11.5 Å². The molecule has 0 aliphatic heterocycles. The zero-order chi connectivity index (χ0) is 20.8. The first kappa shape index (κ1) is 21.3. The van der Waals surface area contributed by atoms with Crippen molar-refractivity contribution in [1.82, 2.24) is 4.98 Å². The minimum absolute atomic E-state index is 0.0883. The van der Waals surface area contributed by atoms with E-state index < -0.39 is 5.97 Å². The minimum atomic E-state index is -0.808. The summed E-state index contributed by atoms with van der Waals surface area (Å²) in [6.45, 7) is 4.31. The first-order chi connectivity index (χ1) is 13.9. The molecule has 0 saturated carbocycles. The fraction of sp³-hybridized carbons (Fsp3) is 0.273. The third-order valence-corrected chi connectivity index (χ3v) is 5.71. The molecule has 29 heavy (non-hydrogen) atoms. The Balaban J connectivity index is 1.57. The number of nitrogens with zero attached hydrogens (tertiary/aromatic N) is 1. The first-order valence-electron chi connectivity index (χ1n) is 9.16. The predicted octanol–water partition coefficient (Wildman–Crippen LogP) is 5.55. The highest BCUT2D eigenvalue weighted by atomic mass is 35.5. The fourth-order valence-electron chi connectivity index (χ4n) is 2.76. The van der Waals surface area contributed by atoms with Crippen molar-refractivity contribution in [3.05, 3.63) is 70.1 Å². The van der Waals surface area contributed by atoms with Gasteiger partial charge in [0.05, 0.1) is 18.1 Å². The van der Waals surface area contributed by atoms with Gasteiger partial charge in [-0.15, -0.1) is 11.8 Å². The molecule has 152 valence electrons. The number of carboxylic acids is 1. The summed E-state index contributed by atoms with van der Waals surface area (Å²) >= 11 is 7.56. The summed E-state index contributed by atoms with van der Waals surface area (Å²) in [5.74, 6) is 1.98. The number of thioether (sulfide) groups is 1. The second-order valence-corrected chi connectivity index (χ2v) is 8.01. The van der Waals surface area contributed by atoms with Gasteiger partial charge in [0, 0.05) is 22.8 Å². The summed E-state index contributed by atoms with van der Waals surface area (Å²) in [5.41, 5.74) is 3.74. The minimum Gasteiger partial charge on any atom is -0.493 e. The zero-order valence-corrected chi connectivity index (χ0v) is 17.8. The molecule has 1 aromatic heterocycles. The largest absolute Gasteiger partial charge is 0.493 e. The monoisotopic (exact) mass is 431 g/mol. The molecule has 0 saturated heterocycles. The number of rotatable bonds is 9. The van der Waals surface area contributed by atoms with Gasteiger partial charge >= 0.3 is 5.97 Å². The number of aromatic nitrogens is 1. The third-order valence-electron chi connectivity index (χ3n) is 4.31. The van der Waals surface area contributed by atoms with Gasteiger partial charge in [0.25, 0.3) is 0 Å². The van der Waals surface area contributed by atoms with E-state index in [2.05, 4.69) is 4.98 Å². The highest BCUT2D eigenvalue weighted by Gasteiger charge is 2.12. The van der Waals surface area contributed by atoms with Crippen molar-refractivity contribution in [3.63, 3.8) is 0 Å². The Hall–Kier alpha value is -2.44. The molecular weight excluding hydrogens is 410 g/mol. The highest BCUT2D eigenvalue weighted by Crippen LogP contribution is 2.26. The fourth-order valence-corrected chi connectivity index (χ4v) is 3.63. The van der Waals surface area contributed by atoms with Crippen LogP contribution in [0.15, 0.2) is 46.9 Å². The number of ether oxygens (including phenoxy) is 1. The second-order valence-electron chi connectivity index (χ2n) is 6.62. The van der Waals surface area contributed by atoms with Gasteiger partial charge in [-0.1, -0.05) is 29.8 Å². The number of hydrogen-bond donors (Lipinski definition) is 1. The van der Waals surface area contributed by atoms with E-state index in [9.17, 15) is 4.79 Å². The Kier molecular flexibility index (Phi) is 7.23. The molecule has 0 aliphatic carbocycles. The van der Waals surface area contributed by atoms with E-state index in [-0.39, 0.29) is 5.75 Å². The molecule has 5 nitrogen and oxygen atoms in total. The van der Waals surface area contributed by atoms with Crippen molar-refractivity contribution < 1.29 is 19.1 Å². The maximum absolute atomic E-state index is 10.6. The van der Waals surface area contributed by atoms with Gasteiger partial charge in [0.2, 0.25) is 5.89 Å². The molecule has 0 radical (unpaired) electrons. The maximum atomic E-state index is 10.6. The normalized spacial score (nSPS) is 10.9. The average Bonchev–Trinajstić information content (AvgIpc) is 3.05. The number of oxazole rings is 1. The molecule has 0 fully saturated rings. The van der Waals surface area contributed by atoms with Crippen LogP contribution in [-0.2, 0) is 17.0 Å². The molecule has 0 unspecified atom stereocenters. The lowest BCUT2D eigenvalue weighted by atomic mass is 10.1. The van der Waals surface area contributed by atoms with E-state index in [1.54, 1.807) is 0 Å². The molecule has 3 aromatic rings. The van der Waals surface area contributed by atoms with E-state index in [0.29, 0.717) is 29.7 Å². The number of aryl methyl sites for hydroxylation is 2. The van der Waals surface area contributed by atoms with E-state index in [0.717, 1.165) is 33.9 Å². The molecule has 7 heteroatoms. The summed E-state index contributed by atoms with van der Waals surface area (Å²) in [7, 11) is 0. The molecule has 0 amide bonds. The van der Waals surface area contributed by atoms with Crippen LogP contribution in [0.5, 0.6) is 5.75 Å². The van der Waals surface area contributed by atoms with Crippen molar-refractivity contribution in [3.8, 4) is 17.2 Å². The van der Waals surface area contributed by atoms with Crippen molar-refractivity contribution in [2.45, 2.75) is 26.0 Å². The SMILES string of the molecule is Cc1ccc(-c2nc(CCOc3cccc(CSCC(=O)O)c3)c(C)o2)cc1Cl. The van der Waals surface area contributed by atoms with Gasteiger partial charge in [-0.05, 0) is 49.2 Å². The smallest absolute Gasteiger partial charge is 0.313 e. The van der Waals surface area contributed by atoms with Gasteiger partial charge in [-0.3, -0.25) is 4.79 Å². The topological polar surface area (TPSA) is 72.6 Å². The lowest BCUT2D eigenvalue weighted by Gasteiger charge is -2.07. The van der Waals surface area contributed by atoms with E-state index >= 15 is 0 Å². The number of carbonyl (C=O) groups is 1. The summed E-state index contributed by atoms with van der Waals surface area (Å²) in [4.78, 5) is 15.2. The van der Waals surface area contributed by atoms with Crippen LogP contribution < -0.4 is 4.74 Å². The van der Waals surface area contributed by atoms with Crippen LogP contribution >= 0.6 is 23.4 Å². The van der Waals surface area contributed by atoms with E-state index in [1.807, 2.05) is 56.3 Å². The van der Waals surface area contributed by atoms with Crippen LogP contribution in [0.4, 0.5) is 0 Å². The number of carboxylic acid groups (broad SMARTS) is 1. The van der Waals surface area contributed by atoms with Gasteiger partial charge in [-0.25, -0.2) is 4.98 Å². The molecule has 0 spiro atoms. The van der Waals surface area contributed by atoms with E-state index in [4.69, 9.17) is 25.9 Å². The summed E-state index contributed by atoms with van der Waals surface area (Å²) in [5, 5.41) is 9.41. The zero-order valence-electron chi connectivity index (χ0n) is 16.3. The molecule has 1 N–H and O–H groups in total. The molecule has 0 atom stereocenters. The number of aliphatic carboxylic acids is 1. The van der Waals surface area contributed by atoms with Gasteiger partial charge < -0.3 is 14.3 Å². The Morgan fingerprint density at radius 1 is 1.24 bits per heavy atom. The Bertz CT molecular complexity index is 1000. The number of hydrogen-bond acceptors (Lipinski definition) is 5. The lowest BCUT2D eigenvalue weighted by Crippen LogP contribution is -2.03. The van der Waals surface area contributed by atoms with Crippen LogP contribution in [0, 0.1) is 13.8 Å². The molecular formula is C22H22ClNO4S. The van der Waals surface area contributed by atoms with Gasteiger partial charge in [-0.2, -0.15) is 0 Å². The second kappa shape index (κ2) is 9.85. The Morgan fingerprint density at radius 3 is 2.83 bits per heavy atom. The quantitative estimate of drug-likeness (QED) is 0.478. The summed E-state index contributed by atoms with van der Waals surface area (Å²) in [6, 6.07) is 13.4. The van der Waals surface area contributed by atoms with Crippen LogP contribution in [0.3, 0.4) is 0 Å². The predicted molar refractivity (Wildman–Crippen MR) is 116 cm³/mol. The van der Waals surface area contributed by atoms with Crippen molar-refractivity contribution in [1.29, 1.82) is 0 Å². The number of benzene rings is 2. The van der Waals surface area contributed by atoms with Gasteiger partial charge in [0.1, 0.15) is 11.5 Å². The van der Waals surface area contributed by atoms with Crippen molar-refractivity contribution in [2.24, 2.45) is 0 Å². The molecule has 2 aromatic carbocycles. The van der Waals surface area contributed by atoms with Crippen molar-refractivity contribution in [2.75, 3.05) is 12.4 Å². The third kappa shape index (κ3) is 6.02. The number of halogens is 1. The Labute approximate surface area is 179 Å². The first-order valence-corrected chi connectivity index (χ1v) is 10.7. The Morgan fingerprint density at radius 2 is 2.07 bits per heavy atom. The van der Waals surface area contributed by atoms with Crippen LogP contribution in [0.2, 0.25) is 5.02 Å². The standard InChI is InChI=1S/C22H22ClNO4S/c1-14-6-7-17(11-19(14)23)22-24-20(15(2)28-22)8-9-27-18-5-3-4-16(10-18)12-29-13-21(25)26/h3-7,10-11H,8-9,12-13H2,1-2H3,(H,25,26). The summed E-state index contributed by atoms with van der Waals surface area (Å²) in [6.07, 6.45) is 0.618. The van der Waals surface area contributed by atoms with Gasteiger partial charge in [0.15, 0.2) is 0 Å². The van der Waals surface area contributed by atoms with E-state index in [1.165, 1.54) is 11.8 Å². The van der Waals surface area contributed by atoms with Crippen molar-refractivity contribution >= 4 is 29.3 Å². The molecule has 3 rings (SSSR count). The summed E-state index contributed by atoms with van der Waals surface area (Å²) < 4.78 is 11.7. The average molecular weight is 432 g/mol. The van der Waals surface area contributed by atoms with Crippen LogP contribution in [0.1, 0.15) is 22.6 Å².